The second kappa shape index (κ2) is 5.53. The van der Waals surface area contributed by atoms with Gasteiger partial charge in [0.2, 0.25) is 0 Å². The lowest BCUT2D eigenvalue weighted by molar-refractivity contribution is -0.130. The summed E-state index contributed by atoms with van der Waals surface area (Å²) in [7, 11) is 1.66. The monoisotopic (exact) mass is 316 g/mol. The number of hydrogen-bond donors (Lipinski definition) is 0. The number of rotatable bonds is 3. The molecule has 3 atom stereocenters. The van der Waals surface area contributed by atoms with Crippen molar-refractivity contribution in [3.05, 3.63) is 29.8 Å². The third-order valence-electron chi connectivity index (χ3n) is 5.02. The maximum Gasteiger partial charge on any atom is 0.327 e. The Morgan fingerprint density at radius 1 is 1.30 bits per heavy atom. The number of para-hydroxylation sites is 1. The molecule has 0 spiro atoms. The predicted octanol–water partition coefficient (Wildman–Crippen LogP) is 1.43. The van der Waals surface area contributed by atoms with E-state index in [4.69, 9.17) is 9.47 Å². The first kappa shape index (κ1) is 14.5. The molecule has 3 aliphatic heterocycles. The van der Waals surface area contributed by atoms with Crippen LogP contribution in [0.25, 0.3) is 0 Å². The normalized spacial score (nSPS) is 29.5. The van der Waals surface area contributed by atoms with E-state index in [2.05, 4.69) is 0 Å². The van der Waals surface area contributed by atoms with Crippen LogP contribution in [0.3, 0.4) is 0 Å². The minimum atomic E-state index is -0.370. The van der Waals surface area contributed by atoms with Crippen molar-refractivity contribution in [1.82, 2.24) is 9.80 Å². The van der Waals surface area contributed by atoms with Crippen LogP contribution < -0.4 is 4.74 Å². The molecule has 0 N–H and O–H groups in total. The molecule has 3 unspecified atom stereocenters. The zero-order chi connectivity index (χ0) is 16.0. The summed E-state index contributed by atoms with van der Waals surface area (Å²) in [5.41, 5.74) is 1.13. The van der Waals surface area contributed by atoms with Crippen molar-refractivity contribution in [2.75, 3.05) is 20.2 Å². The van der Waals surface area contributed by atoms with Gasteiger partial charge in [-0.25, -0.2) is 4.79 Å². The second-order valence-corrected chi connectivity index (χ2v) is 6.37. The number of benzene rings is 1. The summed E-state index contributed by atoms with van der Waals surface area (Å²) in [4.78, 5) is 28.2. The van der Waals surface area contributed by atoms with Crippen LogP contribution in [0.4, 0.5) is 4.79 Å². The smallest absolute Gasteiger partial charge is 0.327 e. The minimum Gasteiger partial charge on any atom is -0.488 e. The first-order chi connectivity index (χ1) is 11.2. The Morgan fingerprint density at radius 3 is 2.91 bits per heavy atom. The summed E-state index contributed by atoms with van der Waals surface area (Å²) in [6.07, 6.45) is 2.01. The lowest BCUT2D eigenvalue weighted by Crippen LogP contribution is -2.44. The van der Waals surface area contributed by atoms with E-state index in [-0.39, 0.29) is 30.2 Å². The fourth-order valence-corrected chi connectivity index (χ4v) is 3.77. The van der Waals surface area contributed by atoms with E-state index in [1.54, 1.807) is 12.0 Å². The number of carbonyl (C=O) groups is 2. The van der Waals surface area contributed by atoms with E-state index in [9.17, 15) is 9.59 Å². The highest BCUT2D eigenvalue weighted by Gasteiger charge is 2.48. The number of amides is 3. The number of hydrogen-bond acceptors (Lipinski definition) is 4. The number of piperidine rings is 1. The van der Waals surface area contributed by atoms with Gasteiger partial charge in [0.15, 0.2) is 0 Å². The van der Waals surface area contributed by atoms with Gasteiger partial charge in [0.1, 0.15) is 17.9 Å². The molecule has 3 amide bonds. The van der Waals surface area contributed by atoms with Gasteiger partial charge >= 0.3 is 6.03 Å². The zero-order valence-corrected chi connectivity index (χ0v) is 13.1. The van der Waals surface area contributed by atoms with Crippen molar-refractivity contribution in [1.29, 1.82) is 0 Å². The summed E-state index contributed by atoms with van der Waals surface area (Å²) in [5.74, 6) is 0.741. The predicted molar refractivity (Wildman–Crippen MR) is 82.2 cm³/mol. The van der Waals surface area contributed by atoms with Gasteiger partial charge in [-0.15, -0.1) is 0 Å². The molecule has 6 heteroatoms. The summed E-state index contributed by atoms with van der Waals surface area (Å²) in [6, 6.07) is 7.30. The van der Waals surface area contributed by atoms with Gasteiger partial charge in [-0.05, 0) is 18.1 Å². The largest absolute Gasteiger partial charge is 0.488 e. The number of carbonyl (C=O) groups excluding carboxylic acids is 2. The summed E-state index contributed by atoms with van der Waals surface area (Å²) < 4.78 is 11.2. The highest BCUT2D eigenvalue weighted by Crippen LogP contribution is 2.32. The Kier molecular flexibility index (Phi) is 3.49. The molecule has 2 saturated heterocycles. The third kappa shape index (κ3) is 2.37. The van der Waals surface area contributed by atoms with Crippen molar-refractivity contribution >= 4 is 11.9 Å². The van der Waals surface area contributed by atoms with Gasteiger partial charge in [0.25, 0.3) is 5.91 Å². The Morgan fingerprint density at radius 2 is 2.13 bits per heavy atom. The summed E-state index contributed by atoms with van der Waals surface area (Å²) in [5, 5.41) is 0. The number of urea groups is 1. The van der Waals surface area contributed by atoms with Gasteiger partial charge < -0.3 is 14.4 Å². The SMILES string of the molecule is COC1CCN2C(=O)N(CC3Cc4ccccc4O3)C(=O)C2C1. The number of fused-ring (bicyclic) bond motifs is 2. The van der Waals surface area contributed by atoms with E-state index in [1.165, 1.54) is 4.90 Å². The van der Waals surface area contributed by atoms with E-state index in [1.807, 2.05) is 24.3 Å². The lowest BCUT2D eigenvalue weighted by atomic mass is 10.0. The van der Waals surface area contributed by atoms with E-state index in [0.29, 0.717) is 19.5 Å². The number of imide groups is 1. The molecule has 0 aromatic heterocycles. The lowest BCUT2D eigenvalue weighted by Gasteiger charge is -2.31. The van der Waals surface area contributed by atoms with E-state index in [0.717, 1.165) is 24.2 Å². The maximum atomic E-state index is 12.6. The fourth-order valence-electron chi connectivity index (χ4n) is 3.77. The van der Waals surface area contributed by atoms with Crippen LogP contribution in [0, 0.1) is 0 Å². The van der Waals surface area contributed by atoms with Crippen molar-refractivity contribution in [3.8, 4) is 5.75 Å². The molecular formula is C17H20N2O4. The molecule has 0 saturated carbocycles. The summed E-state index contributed by atoms with van der Waals surface area (Å²) in [6.45, 7) is 0.896. The minimum absolute atomic E-state index is 0.0555. The average molecular weight is 316 g/mol. The van der Waals surface area contributed by atoms with Crippen LogP contribution in [0.1, 0.15) is 18.4 Å². The molecule has 2 fully saturated rings. The Bertz CT molecular complexity index is 622. The quantitative estimate of drug-likeness (QED) is 0.792. The highest BCUT2D eigenvalue weighted by atomic mass is 16.5. The summed E-state index contributed by atoms with van der Waals surface area (Å²) >= 11 is 0. The van der Waals surface area contributed by atoms with Crippen LogP contribution in [0.15, 0.2) is 24.3 Å². The van der Waals surface area contributed by atoms with Crippen LogP contribution in [-0.2, 0) is 16.0 Å². The molecule has 0 aliphatic carbocycles. The molecular weight excluding hydrogens is 296 g/mol. The molecule has 1 aromatic carbocycles. The van der Waals surface area contributed by atoms with Gasteiger partial charge in [0.05, 0.1) is 12.6 Å². The average Bonchev–Trinajstić information content (AvgIpc) is 3.09. The topological polar surface area (TPSA) is 59.1 Å². The molecule has 0 bridgehead atoms. The first-order valence-corrected chi connectivity index (χ1v) is 8.06. The Balaban J connectivity index is 1.46. The molecule has 3 heterocycles. The zero-order valence-electron chi connectivity index (χ0n) is 13.1. The third-order valence-corrected chi connectivity index (χ3v) is 5.02. The fraction of sp³-hybridized carbons (Fsp3) is 0.529. The van der Waals surface area contributed by atoms with E-state index < -0.39 is 0 Å². The van der Waals surface area contributed by atoms with Crippen LogP contribution >= 0.6 is 0 Å². The van der Waals surface area contributed by atoms with Crippen molar-refractivity contribution in [3.63, 3.8) is 0 Å². The van der Waals surface area contributed by atoms with Crippen molar-refractivity contribution in [2.24, 2.45) is 0 Å². The van der Waals surface area contributed by atoms with Crippen LogP contribution in [-0.4, -0.2) is 60.2 Å². The highest BCUT2D eigenvalue weighted by molar-refractivity contribution is 6.04. The second-order valence-electron chi connectivity index (χ2n) is 6.37. The van der Waals surface area contributed by atoms with Gasteiger partial charge in [-0.3, -0.25) is 9.69 Å². The molecule has 6 nitrogen and oxygen atoms in total. The molecule has 3 aliphatic rings. The molecule has 0 radical (unpaired) electrons. The van der Waals surface area contributed by atoms with Crippen molar-refractivity contribution in [2.45, 2.75) is 37.5 Å². The maximum absolute atomic E-state index is 12.6. The Hall–Kier alpha value is -2.08. The molecule has 4 rings (SSSR count). The Labute approximate surface area is 134 Å². The number of ether oxygens (including phenoxy) is 2. The van der Waals surface area contributed by atoms with Crippen LogP contribution in [0.5, 0.6) is 5.75 Å². The van der Waals surface area contributed by atoms with Gasteiger partial charge in [-0.1, -0.05) is 18.2 Å². The molecule has 122 valence electrons. The molecule has 23 heavy (non-hydrogen) atoms. The van der Waals surface area contributed by atoms with Crippen LogP contribution in [0.2, 0.25) is 0 Å². The standard InChI is InChI=1S/C17H20N2O4/c1-22-12-6-7-18-14(9-12)16(20)19(17(18)21)10-13-8-11-4-2-3-5-15(11)23-13/h2-5,12-14H,6-10H2,1H3. The van der Waals surface area contributed by atoms with Crippen molar-refractivity contribution < 1.29 is 19.1 Å². The number of nitrogens with zero attached hydrogens (tertiary/aromatic N) is 2. The van der Waals surface area contributed by atoms with Gasteiger partial charge in [0, 0.05) is 26.5 Å². The first-order valence-electron chi connectivity index (χ1n) is 8.06. The molecule has 1 aromatic rings. The number of methoxy groups -OCH3 is 1. The van der Waals surface area contributed by atoms with E-state index >= 15 is 0 Å². The van der Waals surface area contributed by atoms with Gasteiger partial charge in [-0.2, -0.15) is 0 Å².